The fraction of sp³-hybridized carbons (Fsp3) is 0.389. The van der Waals surface area contributed by atoms with Crippen LogP contribution in [-0.4, -0.2) is 37.8 Å². The zero-order chi connectivity index (χ0) is 16.5. The summed E-state index contributed by atoms with van der Waals surface area (Å²) in [6.07, 6.45) is 3.38. The highest BCUT2D eigenvalue weighted by molar-refractivity contribution is 5.75. The van der Waals surface area contributed by atoms with Gasteiger partial charge in [-0.05, 0) is 19.2 Å². The number of hydrogen-bond donors (Lipinski definition) is 0. The minimum absolute atomic E-state index is 0.497. The second kappa shape index (κ2) is 6.10. The molecule has 122 valence electrons. The van der Waals surface area contributed by atoms with E-state index in [0.717, 1.165) is 42.8 Å². The quantitative estimate of drug-likeness (QED) is 0.739. The van der Waals surface area contributed by atoms with E-state index in [4.69, 9.17) is 10.4 Å². The van der Waals surface area contributed by atoms with Crippen molar-refractivity contribution in [2.24, 2.45) is 0 Å². The van der Waals surface area contributed by atoms with Crippen molar-refractivity contribution in [3.8, 4) is 6.07 Å². The molecule has 0 radical (unpaired) electrons. The van der Waals surface area contributed by atoms with Crippen molar-refractivity contribution in [1.82, 2.24) is 24.2 Å². The topological polar surface area (TPSA) is 62.7 Å². The number of likely N-dealkylation sites (N-methyl/N-ethyl adjacent to an activating group) is 1. The predicted octanol–water partition coefficient (Wildman–Crippen LogP) is 2.18. The van der Waals surface area contributed by atoms with Crippen molar-refractivity contribution in [3.63, 3.8) is 0 Å². The number of rotatable bonds is 4. The summed E-state index contributed by atoms with van der Waals surface area (Å²) in [7, 11) is 2.14. The summed E-state index contributed by atoms with van der Waals surface area (Å²) in [5, 5.41) is 13.7. The molecule has 0 amide bonds. The first-order chi connectivity index (χ1) is 11.8. The lowest BCUT2D eigenvalue weighted by Gasteiger charge is -2.23. The molecule has 3 heterocycles. The van der Waals surface area contributed by atoms with Gasteiger partial charge in [0, 0.05) is 30.8 Å². The third-order valence-corrected chi connectivity index (χ3v) is 4.69. The molecule has 6 nitrogen and oxygen atoms in total. The number of aryl methyl sites for hydroxylation is 1. The van der Waals surface area contributed by atoms with Gasteiger partial charge in [-0.25, -0.2) is 4.98 Å². The fourth-order valence-corrected chi connectivity index (χ4v) is 3.46. The van der Waals surface area contributed by atoms with Crippen LogP contribution in [0.25, 0.3) is 11.0 Å². The Morgan fingerprint density at radius 3 is 3.04 bits per heavy atom. The summed E-state index contributed by atoms with van der Waals surface area (Å²) in [5.41, 5.74) is 5.84. The molecule has 0 N–H and O–H groups in total. The largest absolute Gasteiger partial charge is 0.324 e. The molecule has 0 atom stereocenters. The second-order valence-corrected chi connectivity index (χ2v) is 6.35. The van der Waals surface area contributed by atoms with Crippen molar-refractivity contribution in [2.45, 2.75) is 32.5 Å². The van der Waals surface area contributed by atoms with Crippen molar-refractivity contribution in [1.29, 1.82) is 5.26 Å². The Labute approximate surface area is 140 Å². The van der Waals surface area contributed by atoms with Gasteiger partial charge in [0.05, 0.1) is 48.6 Å². The maximum absolute atomic E-state index is 8.89. The number of fused-ring (bicyclic) bond motifs is 2. The molecule has 0 aliphatic carbocycles. The van der Waals surface area contributed by atoms with Gasteiger partial charge in [0.2, 0.25) is 0 Å². The molecule has 2 aromatic heterocycles. The van der Waals surface area contributed by atoms with Crippen LogP contribution in [0.2, 0.25) is 0 Å². The number of benzene rings is 1. The molecule has 0 bridgehead atoms. The van der Waals surface area contributed by atoms with Gasteiger partial charge >= 0.3 is 0 Å². The molecule has 1 aliphatic rings. The minimum Gasteiger partial charge on any atom is -0.324 e. The Kier molecular flexibility index (Phi) is 3.79. The molecular weight excluding hydrogens is 300 g/mol. The predicted molar refractivity (Wildman–Crippen MR) is 91.3 cm³/mol. The number of nitrogens with zero attached hydrogens (tertiary/aromatic N) is 6. The zero-order valence-electron chi connectivity index (χ0n) is 13.8. The van der Waals surface area contributed by atoms with Crippen LogP contribution in [0.5, 0.6) is 0 Å². The Morgan fingerprint density at radius 1 is 1.29 bits per heavy atom. The molecule has 4 rings (SSSR count). The number of aromatic nitrogens is 4. The summed E-state index contributed by atoms with van der Waals surface area (Å²) in [5.74, 6) is 0. The van der Waals surface area contributed by atoms with E-state index in [1.165, 1.54) is 11.3 Å². The minimum atomic E-state index is 0.497. The monoisotopic (exact) mass is 320 g/mol. The lowest BCUT2D eigenvalue weighted by Crippen LogP contribution is -2.28. The van der Waals surface area contributed by atoms with Crippen LogP contribution in [-0.2, 0) is 26.1 Å². The molecule has 3 aromatic rings. The summed E-state index contributed by atoms with van der Waals surface area (Å²) < 4.78 is 4.20. The number of nitriles is 1. The van der Waals surface area contributed by atoms with E-state index in [1.807, 2.05) is 29.2 Å². The maximum Gasteiger partial charge on any atom is 0.0962 e. The molecule has 24 heavy (non-hydrogen) atoms. The van der Waals surface area contributed by atoms with Crippen LogP contribution in [0.15, 0.2) is 30.6 Å². The average Bonchev–Trinajstić information content (AvgIpc) is 3.15. The zero-order valence-corrected chi connectivity index (χ0v) is 13.8. The highest BCUT2D eigenvalue weighted by atomic mass is 15.3. The van der Waals surface area contributed by atoms with Crippen LogP contribution in [0, 0.1) is 11.3 Å². The van der Waals surface area contributed by atoms with Crippen molar-refractivity contribution in [2.75, 3.05) is 13.6 Å². The van der Waals surface area contributed by atoms with E-state index in [-0.39, 0.29) is 0 Å². The van der Waals surface area contributed by atoms with E-state index >= 15 is 0 Å². The lowest BCUT2D eigenvalue weighted by molar-refractivity contribution is 0.306. The van der Waals surface area contributed by atoms with Gasteiger partial charge in [-0.1, -0.05) is 12.1 Å². The molecule has 6 heteroatoms. The van der Waals surface area contributed by atoms with Crippen LogP contribution in [0.1, 0.15) is 23.4 Å². The van der Waals surface area contributed by atoms with Crippen LogP contribution < -0.4 is 0 Å². The van der Waals surface area contributed by atoms with Crippen molar-refractivity contribution < 1.29 is 0 Å². The molecule has 1 aromatic carbocycles. The van der Waals surface area contributed by atoms with Crippen LogP contribution in [0.3, 0.4) is 0 Å². The number of imidazole rings is 1. The van der Waals surface area contributed by atoms with Gasteiger partial charge in [0.25, 0.3) is 0 Å². The first-order valence-corrected chi connectivity index (χ1v) is 8.29. The second-order valence-electron chi connectivity index (χ2n) is 6.35. The van der Waals surface area contributed by atoms with E-state index < -0.39 is 0 Å². The standard InChI is InChI=1S/C18H20N6/c1-22-10-7-17-14(11-22)16(21-24(17)9-4-8-19)12-23-13-20-15-5-2-3-6-18(15)23/h2-3,5-6,13H,4,7,9-12H2,1H3. The van der Waals surface area contributed by atoms with Crippen molar-refractivity contribution in [3.05, 3.63) is 47.5 Å². The van der Waals surface area contributed by atoms with Gasteiger partial charge in [-0.15, -0.1) is 0 Å². The fourth-order valence-electron chi connectivity index (χ4n) is 3.46. The van der Waals surface area contributed by atoms with Gasteiger partial charge in [-0.3, -0.25) is 4.68 Å². The molecular formula is C18H20N6. The van der Waals surface area contributed by atoms with Gasteiger partial charge in [-0.2, -0.15) is 10.4 Å². The Bertz CT molecular complexity index is 913. The first kappa shape index (κ1) is 14.9. The number of para-hydroxylation sites is 2. The third kappa shape index (κ3) is 2.57. The van der Waals surface area contributed by atoms with E-state index in [9.17, 15) is 0 Å². The van der Waals surface area contributed by atoms with E-state index in [0.29, 0.717) is 13.0 Å². The smallest absolute Gasteiger partial charge is 0.0962 e. The summed E-state index contributed by atoms with van der Waals surface area (Å²) in [6, 6.07) is 10.4. The molecule has 0 fully saturated rings. The van der Waals surface area contributed by atoms with Crippen LogP contribution >= 0.6 is 0 Å². The lowest BCUT2D eigenvalue weighted by atomic mass is 10.1. The molecule has 0 saturated heterocycles. The summed E-state index contributed by atoms with van der Waals surface area (Å²) >= 11 is 0. The molecule has 1 aliphatic heterocycles. The number of hydrogen-bond acceptors (Lipinski definition) is 4. The summed E-state index contributed by atoms with van der Waals surface area (Å²) in [6.45, 7) is 3.35. The Morgan fingerprint density at radius 2 is 2.17 bits per heavy atom. The first-order valence-electron chi connectivity index (χ1n) is 8.29. The van der Waals surface area contributed by atoms with Crippen LogP contribution in [0.4, 0.5) is 0 Å². The Balaban J connectivity index is 1.72. The maximum atomic E-state index is 8.89. The average molecular weight is 320 g/mol. The van der Waals surface area contributed by atoms with Gasteiger partial charge in [0.15, 0.2) is 0 Å². The molecule has 0 spiro atoms. The third-order valence-electron chi connectivity index (χ3n) is 4.69. The molecule has 0 unspecified atom stereocenters. The summed E-state index contributed by atoms with van der Waals surface area (Å²) in [4.78, 5) is 6.80. The van der Waals surface area contributed by atoms with Gasteiger partial charge < -0.3 is 9.47 Å². The van der Waals surface area contributed by atoms with E-state index in [2.05, 4.69) is 33.6 Å². The highest BCUT2D eigenvalue weighted by Crippen LogP contribution is 2.24. The highest BCUT2D eigenvalue weighted by Gasteiger charge is 2.23. The normalized spacial score (nSPS) is 14.7. The molecule has 0 saturated carbocycles. The van der Waals surface area contributed by atoms with Crippen molar-refractivity contribution >= 4 is 11.0 Å². The van der Waals surface area contributed by atoms with Gasteiger partial charge in [0.1, 0.15) is 0 Å². The SMILES string of the molecule is CN1CCc2c(c(Cn3cnc4ccccc43)nn2CCC#N)C1. The van der Waals surface area contributed by atoms with E-state index in [1.54, 1.807) is 0 Å². The Hall–Kier alpha value is -2.65.